The van der Waals surface area contributed by atoms with Gasteiger partial charge in [0.2, 0.25) is 0 Å². The SMILES string of the molecule is O=C(NC[C@H](c1cccnc1)N1CCN(c2ccc(F)cc2)CC1)C(=O)Nc1ccc(Cl)cc1. The summed E-state index contributed by atoms with van der Waals surface area (Å²) in [4.78, 5) is 33.5. The van der Waals surface area contributed by atoms with E-state index in [0.717, 1.165) is 37.4 Å². The highest BCUT2D eigenvalue weighted by atomic mass is 35.5. The molecule has 0 unspecified atom stereocenters. The fraction of sp³-hybridized carbons (Fsp3) is 0.240. The second-order valence-corrected chi connectivity index (χ2v) is 8.41. The number of piperazine rings is 1. The Morgan fingerprint density at radius 1 is 0.971 bits per heavy atom. The number of hydrogen-bond donors (Lipinski definition) is 2. The van der Waals surface area contributed by atoms with Crippen molar-refractivity contribution >= 4 is 34.8 Å². The maximum atomic E-state index is 13.3. The largest absolute Gasteiger partial charge is 0.369 e. The molecule has 2 aromatic carbocycles. The topological polar surface area (TPSA) is 77.6 Å². The van der Waals surface area contributed by atoms with E-state index in [0.29, 0.717) is 10.7 Å². The minimum absolute atomic E-state index is 0.142. The molecule has 0 saturated carbocycles. The van der Waals surface area contributed by atoms with Gasteiger partial charge in [-0.25, -0.2) is 4.39 Å². The minimum atomic E-state index is -0.742. The van der Waals surface area contributed by atoms with Crippen molar-refractivity contribution in [3.63, 3.8) is 0 Å². The van der Waals surface area contributed by atoms with Gasteiger partial charge in [-0.2, -0.15) is 0 Å². The van der Waals surface area contributed by atoms with Crippen LogP contribution in [0.5, 0.6) is 0 Å². The smallest absolute Gasteiger partial charge is 0.313 e. The van der Waals surface area contributed by atoms with E-state index < -0.39 is 11.8 Å². The van der Waals surface area contributed by atoms with E-state index in [4.69, 9.17) is 11.6 Å². The van der Waals surface area contributed by atoms with Gasteiger partial charge < -0.3 is 15.5 Å². The summed E-state index contributed by atoms with van der Waals surface area (Å²) in [5.74, 6) is -1.71. The Bertz CT molecular complexity index is 1100. The molecule has 1 saturated heterocycles. The number of rotatable bonds is 6. The van der Waals surface area contributed by atoms with E-state index in [1.807, 2.05) is 12.1 Å². The van der Waals surface area contributed by atoms with Crippen LogP contribution in [0.4, 0.5) is 15.8 Å². The zero-order valence-corrected chi connectivity index (χ0v) is 19.2. The van der Waals surface area contributed by atoms with E-state index in [9.17, 15) is 14.0 Å². The molecule has 1 aliphatic rings. The molecule has 1 aliphatic heterocycles. The Hall–Kier alpha value is -3.49. The lowest BCUT2D eigenvalue weighted by Crippen LogP contribution is -2.50. The van der Waals surface area contributed by atoms with Crippen LogP contribution in [-0.4, -0.2) is 54.4 Å². The molecule has 2 amide bonds. The van der Waals surface area contributed by atoms with Crippen LogP contribution < -0.4 is 15.5 Å². The third-order valence-electron chi connectivity index (χ3n) is 5.78. The number of nitrogens with zero attached hydrogens (tertiary/aromatic N) is 3. The first kappa shape index (κ1) is 23.7. The molecule has 34 heavy (non-hydrogen) atoms. The van der Waals surface area contributed by atoms with Crippen LogP contribution in [0.15, 0.2) is 73.1 Å². The first-order valence-electron chi connectivity index (χ1n) is 11.0. The number of carbonyl (C=O) groups excluding carboxylic acids is 2. The molecule has 4 rings (SSSR count). The van der Waals surface area contributed by atoms with E-state index >= 15 is 0 Å². The first-order chi connectivity index (χ1) is 16.5. The van der Waals surface area contributed by atoms with Gasteiger partial charge in [0.15, 0.2) is 0 Å². The molecule has 9 heteroatoms. The average molecular weight is 482 g/mol. The van der Waals surface area contributed by atoms with Gasteiger partial charge in [0, 0.05) is 61.5 Å². The lowest BCUT2D eigenvalue weighted by Gasteiger charge is -2.40. The summed E-state index contributed by atoms with van der Waals surface area (Å²) in [7, 11) is 0. The van der Waals surface area contributed by atoms with Gasteiger partial charge in [-0.05, 0) is 60.2 Å². The standard InChI is InChI=1S/C25H25ClFN5O2/c26-19-3-7-21(8-4-19)30-25(34)24(33)29-17-23(18-2-1-11-28-16-18)32-14-12-31(13-15-32)22-9-5-20(27)6-10-22/h1-11,16,23H,12-15,17H2,(H,29,33)(H,30,34)/t23-/m1/s1. The number of pyridine rings is 1. The van der Waals surface area contributed by atoms with Gasteiger partial charge in [-0.15, -0.1) is 0 Å². The molecule has 1 atom stereocenters. The predicted octanol–water partition coefficient (Wildman–Crippen LogP) is 3.49. The normalized spacial score (nSPS) is 14.9. The third kappa shape index (κ3) is 6.09. The van der Waals surface area contributed by atoms with Crippen LogP contribution in [0.2, 0.25) is 5.02 Å². The molecule has 3 aromatic rings. The first-order valence-corrected chi connectivity index (χ1v) is 11.4. The average Bonchev–Trinajstić information content (AvgIpc) is 2.87. The van der Waals surface area contributed by atoms with E-state index in [-0.39, 0.29) is 18.4 Å². The van der Waals surface area contributed by atoms with Crippen molar-refractivity contribution in [1.29, 1.82) is 0 Å². The maximum absolute atomic E-state index is 13.3. The number of nitrogens with one attached hydrogen (secondary N) is 2. The maximum Gasteiger partial charge on any atom is 0.313 e. The zero-order chi connectivity index (χ0) is 23.9. The van der Waals surface area contributed by atoms with Gasteiger partial charge in [0.25, 0.3) is 0 Å². The van der Waals surface area contributed by atoms with Crippen molar-refractivity contribution in [3.05, 3.63) is 89.5 Å². The number of halogens is 2. The second-order valence-electron chi connectivity index (χ2n) is 7.97. The molecule has 0 radical (unpaired) electrons. The number of benzene rings is 2. The molecule has 7 nitrogen and oxygen atoms in total. The summed E-state index contributed by atoms with van der Waals surface area (Å²) >= 11 is 5.86. The summed E-state index contributed by atoms with van der Waals surface area (Å²) in [6, 6.07) is 16.7. The summed E-state index contributed by atoms with van der Waals surface area (Å²) in [6.45, 7) is 3.25. The van der Waals surface area contributed by atoms with Gasteiger partial charge in [-0.1, -0.05) is 17.7 Å². The van der Waals surface area contributed by atoms with Crippen molar-refractivity contribution < 1.29 is 14.0 Å². The highest BCUT2D eigenvalue weighted by Gasteiger charge is 2.27. The third-order valence-corrected chi connectivity index (χ3v) is 6.03. The fourth-order valence-corrected chi connectivity index (χ4v) is 4.09. The molecule has 0 spiro atoms. The van der Waals surface area contributed by atoms with E-state index in [1.54, 1.807) is 48.8 Å². The summed E-state index contributed by atoms with van der Waals surface area (Å²) in [5, 5.41) is 5.87. The molecular weight excluding hydrogens is 457 g/mol. The number of hydrogen-bond acceptors (Lipinski definition) is 5. The predicted molar refractivity (Wildman–Crippen MR) is 130 cm³/mol. The van der Waals surface area contributed by atoms with Crippen LogP contribution in [0.1, 0.15) is 11.6 Å². The fourth-order valence-electron chi connectivity index (χ4n) is 3.97. The van der Waals surface area contributed by atoms with Crippen LogP contribution >= 0.6 is 11.6 Å². The number of anilines is 2. The Morgan fingerprint density at radius 3 is 2.32 bits per heavy atom. The second kappa shape index (κ2) is 11.1. The van der Waals surface area contributed by atoms with Gasteiger partial charge in [-0.3, -0.25) is 19.5 Å². The molecule has 2 N–H and O–H groups in total. The Labute approximate surface area is 202 Å². The highest BCUT2D eigenvalue weighted by molar-refractivity contribution is 6.39. The zero-order valence-electron chi connectivity index (χ0n) is 18.5. The van der Waals surface area contributed by atoms with Gasteiger partial charge in [0.05, 0.1) is 6.04 Å². The van der Waals surface area contributed by atoms with Crippen molar-refractivity contribution in [1.82, 2.24) is 15.2 Å². The van der Waals surface area contributed by atoms with E-state index in [2.05, 4.69) is 25.4 Å². The lowest BCUT2D eigenvalue weighted by molar-refractivity contribution is -0.136. The molecule has 0 aliphatic carbocycles. The van der Waals surface area contributed by atoms with Crippen molar-refractivity contribution in [2.75, 3.05) is 42.9 Å². The van der Waals surface area contributed by atoms with Gasteiger partial charge in [0.1, 0.15) is 5.82 Å². The molecule has 1 aromatic heterocycles. The number of amides is 2. The monoisotopic (exact) mass is 481 g/mol. The quantitative estimate of drug-likeness (QED) is 0.527. The number of carbonyl (C=O) groups is 2. The lowest BCUT2D eigenvalue weighted by atomic mass is 10.1. The van der Waals surface area contributed by atoms with Crippen LogP contribution in [0.25, 0.3) is 0 Å². The molecule has 176 valence electrons. The highest BCUT2D eigenvalue weighted by Crippen LogP contribution is 2.24. The van der Waals surface area contributed by atoms with Gasteiger partial charge >= 0.3 is 11.8 Å². The molecule has 0 bridgehead atoms. The molecular formula is C25H25ClFN5O2. The van der Waals surface area contributed by atoms with Crippen molar-refractivity contribution in [3.8, 4) is 0 Å². The Morgan fingerprint density at radius 2 is 1.68 bits per heavy atom. The molecule has 2 heterocycles. The van der Waals surface area contributed by atoms with Crippen molar-refractivity contribution in [2.24, 2.45) is 0 Å². The van der Waals surface area contributed by atoms with Crippen LogP contribution in [0, 0.1) is 5.82 Å². The Balaban J connectivity index is 1.38. The number of aromatic nitrogens is 1. The van der Waals surface area contributed by atoms with Crippen molar-refractivity contribution in [2.45, 2.75) is 6.04 Å². The summed E-state index contributed by atoms with van der Waals surface area (Å²) < 4.78 is 13.3. The van der Waals surface area contributed by atoms with Crippen LogP contribution in [-0.2, 0) is 9.59 Å². The Kier molecular flexibility index (Phi) is 7.72. The minimum Gasteiger partial charge on any atom is -0.369 e. The van der Waals surface area contributed by atoms with Crippen LogP contribution in [0.3, 0.4) is 0 Å². The molecule has 1 fully saturated rings. The van der Waals surface area contributed by atoms with E-state index in [1.165, 1.54) is 12.1 Å². The summed E-state index contributed by atoms with van der Waals surface area (Å²) in [6.07, 6.45) is 3.47. The summed E-state index contributed by atoms with van der Waals surface area (Å²) in [5.41, 5.74) is 2.42.